The van der Waals surface area contributed by atoms with Gasteiger partial charge < -0.3 is 15.8 Å². The maximum atomic E-state index is 11.6. The lowest BCUT2D eigenvalue weighted by molar-refractivity contribution is 0.0768. The first-order valence-corrected chi connectivity index (χ1v) is 9.74. The Hall–Kier alpha value is -2.81. The summed E-state index contributed by atoms with van der Waals surface area (Å²) in [5.41, 5.74) is 5.57. The van der Waals surface area contributed by atoms with Gasteiger partial charge in [-0.2, -0.15) is 0 Å². The summed E-state index contributed by atoms with van der Waals surface area (Å²) in [7, 11) is 0. The molecular weight excluding hydrogens is 398 g/mol. The van der Waals surface area contributed by atoms with Crippen molar-refractivity contribution < 1.29 is 9.90 Å². The van der Waals surface area contributed by atoms with Crippen molar-refractivity contribution in [3.8, 4) is 0 Å². The Balaban J connectivity index is 1.84. The fourth-order valence-electron chi connectivity index (χ4n) is 3.01. The monoisotopic (exact) mass is 413 g/mol. The van der Waals surface area contributed by atoms with Gasteiger partial charge in [0.05, 0.1) is 12.1 Å². The number of nitrogens with one attached hydrogen (secondary N) is 1. The van der Waals surface area contributed by atoms with Crippen LogP contribution in [0.5, 0.6) is 0 Å². The number of nitrogens with zero attached hydrogens (tertiary/aromatic N) is 3. The number of aromatic nitrogens is 2. The number of halogens is 1. The van der Waals surface area contributed by atoms with Gasteiger partial charge in [0.2, 0.25) is 0 Å². The molecule has 1 unspecified atom stereocenters. The van der Waals surface area contributed by atoms with Gasteiger partial charge in [0, 0.05) is 16.3 Å². The molecule has 1 aliphatic heterocycles. The third-order valence-electron chi connectivity index (χ3n) is 4.35. The van der Waals surface area contributed by atoms with Crippen LogP contribution in [0.1, 0.15) is 16.1 Å². The highest BCUT2D eigenvalue weighted by atomic mass is 35.5. The smallest absolute Gasteiger partial charge is 0.269 e. The number of amides is 1. The number of aromatic amines is 1. The Morgan fingerprint density at radius 1 is 1.25 bits per heavy atom. The van der Waals surface area contributed by atoms with E-state index in [1.807, 2.05) is 30.3 Å². The third kappa shape index (κ3) is 3.26. The average molecular weight is 414 g/mol. The van der Waals surface area contributed by atoms with E-state index in [1.165, 1.54) is 18.1 Å². The summed E-state index contributed by atoms with van der Waals surface area (Å²) in [4.78, 5) is 24.6. The summed E-state index contributed by atoms with van der Waals surface area (Å²) >= 11 is 7.36. The van der Waals surface area contributed by atoms with Crippen molar-refractivity contribution in [2.75, 3.05) is 10.7 Å². The number of imidazole rings is 1. The molecule has 0 radical (unpaired) electrons. The van der Waals surface area contributed by atoms with Crippen molar-refractivity contribution in [2.45, 2.75) is 5.72 Å². The highest BCUT2D eigenvalue weighted by molar-refractivity contribution is 8.14. The van der Waals surface area contributed by atoms with Gasteiger partial charge in [-0.1, -0.05) is 53.7 Å². The number of thioether (sulfide) groups is 1. The Morgan fingerprint density at radius 2 is 1.96 bits per heavy atom. The van der Waals surface area contributed by atoms with Crippen LogP contribution < -0.4 is 10.6 Å². The van der Waals surface area contributed by atoms with E-state index in [4.69, 9.17) is 17.3 Å². The molecule has 2 heterocycles. The molecule has 142 valence electrons. The van der Waals surface area contributed by atoms with E-state index < -0.39 is 11.6 Å². The highest BCUT2D eigenvalue weighted by Crippen LogP contribution is 2.43. The second-order valence-corrected chi connectivity index (χ2v) is 7.52. The number of aliphatic imine (C=N–C) groups is 1. The minimum Gasteiger partial charge on any atom is -0.366 e. The summed E-state index contributed by atoms with van der Waals surface area (Å²) in [6.45, 7) is 0. The molecule has 1 atom stereocenters. The molecule has 3 aromatic rings. The molecule has 1 amide bonds. The highest BCUT2D eigenvalue weighted by Gasteiger charge is 2.46. The van der Waals surface area contributed by atoms with Crippen molar-refractivity contribution >= 4 is 45.9 Å². The molecule has 0 aliphatic carbocycles. The molecule has 0 spiro atoms. The maximum Gasteiger partial charge on any atom is 0.269 e. The molecule has 1 aromatic heterocycles. The van der Waals surface area contributed by atoms with Crippen molar-refractivity contribution in [2.24, 2.45) is 10.7 Å². The van der Waals surface area contributed by atoms with E-state index in [0.717, 1.165) is 5.69 Å². The zero-order chi connectivity index (χ0) is 19.7. The molecule has 4 N–H and O–H groups in total. The topological polar surface area (TPSA) is 108 Å². The van der Waals surface area contributed by atoms with Gasteiger partial charge in [0.1, 0.15) is 0 Å². The number of primary amides is 1. The lowest BCUT2D eigenvalue weighted by Gasteiger charge is -2.34. The standard InChI is InChI=1S/C19H16ClN5O2S/c20-13-8-6-12(7-9-13)19(27)10-28-18(25(19)14-4-2-1-3-5-14)24-17-15(16(21)26)22-11-23-17/h1-9,11,27H,10H2,(H2,21,26)(H,22,23)/b24-18-. The van der Waals surface area contributed by atoms with Crippen molar-refractivity contribution in [1.29, 1.82) is 0 Å². The number of hydrogen-bond acceptors (Lipinski definition) is 5. The molecule has 1 aliphatic rings. The van der Waals surface area contributed by atoms with Crippen LogP contribution in [-0.2, 0) is 5.72 Å². The minimum atomic E-state index is -1.35. The second kappa shape index (κ2) is 7.31. The van der Waals surface area contributed by atoms with E-state index in [9.17, 15) is 9.90 Å². The minimum absolute atomic E-state index is 0.114. The number of aliphatic hydroxyl groups is 1. The van der Waals surface area contributed by atoms with Crippen LogP contribution in [0.25, 0.3) is 0 Å². The number of hydrogen-bond donors (Lipinski definition) is 3. The van der Waals surface area contributed by atoms with Crippen LogP contribution in [0, 0.1) is 0 Å². The zero-order valence-corrected chi connectivity index (χ0v) is 16.1. The molecule has 0 saturated carbocycles. The summed E-state index contributed by atoms with van der Waals surface area (Å²) in [5.74, 6) is -0.144. The van der Waals surface area contributed by atoms with E-state index in [-0.39, 0.29) is 11.5 Å². The van der Waals surface area contributed by atoms with Crippen molar-refractivity contribution in [3.63, 3.8) is 0 Å². The van der Waals surface area contributed by atoms with Crippen LogP contribution >= 0.6 is 23.4 Å². The number of anilines is 1. The summed E-state index contributed by atoms with van der Waals surface area (Å²) in [5, 5.41) is 12.7. The predicted molar refractivity (Wildman–Crippen MR) is 111 cm³/mol. The number of rotatable bonds is 4. The fourth-order valence-corrected chi connectivity index (χ4v) is 4.30. The molecule has 1 saturated heterocycles. The Morgan fingerprint density at radius 3 is 2.64 bits per heavy atom. The number of carbonyl (C=O) groups excluding carboxylic acids is 1. The normalized spacial score (nSPS) is 20.6. The number of benzene rings is 2. The first kappa shape index (κ1) is 18.5. The second-order valence-electron chi connectivity index (χ2n) is 6.14. The average Bonchev–Trinajstić information content (AvgIpc) is 3.28. The molecule has 1 fully saturated rings. The van der Waals surface area contributed by atoms with E-state index in [0.29, 0.717) is 21.5 Å². The third-order valence-corrected chi connectivity index (χ3v) is 5.68. The Labute approximate surface area is 170 Å². The van der Waals surface area contributed by atoms with E-state index in [1.54, 1.807) is 29.2 Å². The largest absolute Gasteiger partial charge is 0.366 e. The van der Waals surface area contributed by atoms with Crippen LogP contribution in [0.2, 0.25) is 5.02 Å². The first-order chi connectivity index (χ1) is 13.5. The molecule has 4 rings (SSSR count). The molecule has 9 heteroatoms. The lowest BCUT2D eigenvalue weighted by atomic mass is 10.0. The SMILES string of the molecule is NC(=O)c1[nH]cnc1/N=C1\SCC(O)(c2ccc(Cl)cc2)N1c1ccccc1. The van der Waals surface area contributed by atoms with E-state index >= 15 is 0 Å². The van der Waals surface area contributed by atoms with Gasteiger partial charge in [-0.3, -0.25) is 9.69 Å². The van der Waals surface area contributed by atoms with Gasteiger partial charge >= 0.3 is 0 Å². The molecule has 7 nitrogen and oxygen atoms in total. The van der Waals surface area contributed by atoms with Crippen LogP contribution in [0.15, 0.2) is 65.9 Å². The van der Waals surface area contributed by atoms with Gasteiger partial charge in [-0.05, 0) is 24.3 Å². The lowest BCUT2D eigenvalue weighted by Crippen LogP contribution is -2.45. The number of carbonyl (C=O) groups is 1. The molecule has 28 heavy (non-hydrogen) atoms. The van der Waals surface area contributed by atoms with Gasteiger partial charge in [0.15, 0.2) is 22.4 Å². The summed E-state index contributed by atoms with van der Waals surface area (Å²) in [6, 6.07) is 16.4. The predicted octanol–water partition coefficient (Wildman–Crippen LogP) is 3.25. The van der Waals surface area contributed by atoms with Crippen LogP contribution in [0.4, 0.5) is 11.5 Å². The number of para-hydroxylation sites is 1. The van der Waals surface area contributed by atoms with Crippen molar-refractivity contribution in [1.82, 2.24) is 9.97 Å². The quantitative estimate of drug-likeness (QED) is 0.608. The van der Waals surface area contributed by atoms with Crippen LogP contribution in [0.3, 0.4) is 0 Å². The summed E-state index contributed by atoms with van der Waals surface area (Å²) in [6.07, 6.45) is 1.36. The Kier molecular flexibility index (Phi) is 4.84. The molecule has 0 bridgehead atoms. The van der Waals surface area contributed by atoms with Crippen LogP contribution in [-0.4, -0.2) is 31.9 Å². The first-order valence-electron chi connectivity index (χ1n) is 8.37. The zero-order valence-electron chi connectivity index (χ0n) is 14.5. The van der Waals surface area contributed by atoms with Gasteiger partial charge in [0.25, 0.3) is 5.91 Å². The number of H-pyrrole nitrogens is 1. The Bertz CT molecular complexity index is 1040. The maximum absolute atomic E-state index is 11.6. The van der Waals surface area contributed by atoms with E-state index in [2.05, 4.69) is 15.0 Å². The van der Waals surface area contributed by atoms with Gasteiger partial charge in [-0.15, -0.1) is 0 Å². The molecular formula is C19H16ClN5O2S. The molecule has 2 aromatic carbocycles. The number of nitrogens with two attached hydrogens (primary N) is 1. The number of amidine groups is 1. The fraction of sp³-hybridized carbons (Fsp3) is 0.105. The summed E-state index contributed by atoms with van der Waals surface area (Å²) < 4.78 is 0. The van der Waals surface area contributed by atoms with Crippen molar-refractivity contribution in [3.05, 3.63) is 77.2 Å². The van der Waals surface area contributed by atoms with Gasteiger partial charge in [-0.25, -0.2) is 9.98 Å².